The van der Waals surface area contributed by atoms with Crippen LogP contribution in [0.5, 0.6) is 0 Å². The van der Waals surface area contributed by atoms with Crippen LogP contribution in [0.15, 0.2) is 60.8 Å². The molecule has 6 nitrogen and oxygen atoms in total. The van der Waals surface area contributed by atoms with Gasteiger partial charge in [0.1, 0.15) is 6.04 Å². The lowest BCUT2D eigenvalue weighted by Crippen LogP contribution is -2.40. The summed E-state index contributed by atoms with van der Waals surface area (Å²) in [6.07, 6.45) is 35.1. The van der Waals surface area contributed by atoms with E-state index in [4.69, 9.17) is 0 Å². The van der Waals surface area contributed by atoms with Crippen LogP contribution in [0.4, 0.5) is 0 Å². The first kappa shape index (κ1) is 37.8. The van der Waals surface area contributed by atoms with Gasteiger partial charge in [-0.1, -0.05) is 95.7 Å². The molecule has 42 heavy (non-hydrogen) atoms. The van der Waals surface area contributed by atoms with Crippen LogP contribution in [-0.2, 0) is 14.4 Å². The summed E-state index contributed by atoms with van der Waals surface area (Å²) < 4.78 is 0. The molecule has 0 spiro atoms. The fourth-order valence-corrected chi connectivity index (χ4v) is 7.31. The molecule has 0 aromatic rings. The van der Waals surface area contributed by atoms with E-state index in [1.54, 1.807) is 0 Å². The minimum Gasteiger partial charge on any atom is -0.480 e. The highest BCUT2D eigenvalue weighted by Crippen LogP contribution is 2.39. The van der Waals surface area contributed by atoms with E-state index in [2.05, 4.69) is 78.3 Å². The Kier molecular flexibility index (Phi) is 24.9. The molecule has 236 valence electrons. The van der Waals surface area contributed by atoms with Gasteiger partial charge in [-0.2, -0.15) is 0 Å². The molecule has 1 fully saturated rings. The van der Waals surface area contributed by atoms with E-state index in [0.717, 1.165) is 64.2 Å². The third kappa shape index (κ3) is 23.4. The van der Waals surface area contributed by atoms with E-state index in [1.165, 1.54) is 12.2 Å². The van der Waals surface area contributed by atoms with Crippen molar-refractivity contribution < 1.29 is 19.5 Å². The number of aliphatic carboxylic acids is 1. The van der Waals surface area contributed by atoms with E-state index < -0.39 is 12.0 Å². The van der Waals surface area contributed by atoms with Gasteiger partial charge in [0.15, 0.2) is 0 Å². The summed E-state index contributed by atoms with van der Waals surface area (Å²) in [7, 11) is 3.87. The van der Waals surface area contributed by atoms with Crippen LogP contribution in [0.3, 0.4) is 0 Å². The van der Waals surface area contributed by atoms with Crippen molar-refractivity contribution in [3.05, 3.63) is 60.8 Å². The summed E-state index contributed by atoms with van der Waals surface area (Å²) in [5.41, 5.74) is 0. The van der Waals surface area contributed by atoms with Gasteiger partial charge < -0.3 is 15.7 Å². The number of carbonyl (C=O) groups is 3. The number of carboxylic acid groups (broad SMARTS) is 1. The molecule has 3 N–H and O–H groups in total. The highest BCUT2D eigenvalue weighted by atomic mass is 33.1. The molecule has 1 heterocycles. The Morgan fingerprint density at radius 2 is 1.40 bits per heavy atom. The molecule has 0 saturated carbocycles. The molecule has 0 bridgehead atoms. The average Bonchev–Trinajstić information content (AvgIpc) is 3.49. The Morgan fingerprint density at radius 3 is 2.00 bits per heavy atom. The minimum atomic E-state index is -0.998. The molecule has 0 aromatic heterocycles. The molecule has 2 atom stereocenters. The van der Waals surface area contributed by atoms with Crippen LogP contribution in [-0.4, -0.2) is 46.5 Å². The van der Waals surface area contributed by atoms with E-state index in [0.29, 0.717) is 43.9 Å². The molecule has 0 aromatic carbocycles. The van der Waals surface area contributed by atoms with Crippen LogP contribution in [0.2, 0.25) is 0 Å². The van der Waals surface area contributed by atoms with E-state index in [1.807, 2.05) is 21.6 Å². The second-order valence-corrected chi connectivity index (χ2v) is 13.3. The molecule has 1 aliphatic heterocycles. The molecular weight excluding hydrogens is 565 g/mol. The number of nitrogens with one attached hydrogen (secondary N) is 2. The number of carboxylic acids is 1. The van der Waals surface area contributed by atoms with Crippen molar-refractivity contribution in [2.75, 3.05) is 12.3 Å². The maximum atomic E-state index is 12.2. The zero-order valence-electron chi connectivity index (χ0n) is 25.6. The summed E-state index contributed by atoms with van der Waals surface area (Å²) in [6.45, 7) is 2.67. The number of carbonyl (C=O) groups excluding carboxylic acids is 2. The highest BCUT2D eigenvalue weighted by molar-refractivity contribution is 8.77. The van der Waals surface area contributed by atoms with Gasteiger partial charge >= 0.3 is 5.97 Å². The monoisotopic (exact) mass is 618 g/mol. The molecular formula is C34H54N2O4S2. The predicted octanol–water partition coefficient (Wildman–Crippen LogP) is 8.48. The second-order valence-electron chi connectivity index (χ2n) is 10.5. The van der Waals surface area contributed by atoms with Crippen LogP contribution in [0.25, 0.3) is 0 Å². The largest absolute Gasteiger partial charge is 0.480 e. The van der Waals surface area contributed by atoms with E-state index in [-0.39, 0.29) is 11.8 Å². The molecule has 8 heteroatoms. The number of rotatable bonds is 25. The van der Waals surface area contributed by atoms with Gasteiger partial charge in [-0.25, -0.2) is 4.79 Å². The Balaban J connectivity index is 1.99. The quantitative estimate of drug-likeness (QED) is 0.0540. The molecule has 2 amide bonds. The molecule has 0 aliphatic carbocycles. The Hall–Kier alpha value is -2.19. The molecule has 1 aliphatic rings. The first-order chi connectivity index (χ1) is 20.5. The number of unbranched alkanes of at least 4 members (excludes halogenated alkanes) is 3. The topological polar surface area (TPSA) is 95.5 Å². The third-order valence-corrected chi connectivity index (χ3v) is 9.72. The zero-order chi connectivity index (χ0) is 30.5. The predicted molar refractivity (Wildman–Crippen MR) is 182 cm³/mol. The van der Waals surface area contributed by atoms with E-state index >= 15 is 0 Å². The molecule has 0 radical (unpaired) electrons. The normalized spacial score (nSPS) is 16.5. The maximum absolute atomic E-state index is 12.2. The van der Waals surface area contributed by atoms with Crippen molar-refractivity contribution in [3.63, 3.8) is 0 Å². The highest BCUT2D eigenvalue weighted by Gasteiger charge is 2.20. The lowest BCUT2D eigenvalue weighted by atomic mass is 10.1. The lowest BCUT2D eigenvalue weighted by Gasteiger charge is -2.15. The summed E-state index contributed by atoms with van der Waals surface area (Å²) >= 11 is 0. The second kappa shape index (κ2) is 27.6. The van der Waals surface area contributed by atoms with Crippen LogP contribution < -0.4 is 10.6 Å². The van der Waals surface area contributed by atoms with Gasteiger partial charge in [0.25, 0.3) is 0 Å². The van der Waals surface area contributed by atoms with Gasteiger partial charge in [-0.15, -0.1) is 0 Å². The van der Waals surface area contributed by atoms with E-state index in [9.17, 15) is 19.5 Å². The average molecular weight is 619 g/mol. The summed E-state index contributed by atoms with van der Waals surface area (Å²) in [5, 5.41) is 15.7. The standard InChI is InChI=1S/C34H54N2O4S2/c1-2-3-4-5-6-7-8-9-10-11-12-13-14-15-16-17-18-25-32(37)35-28-22-21-24-31(34(39)40)36-33(38)26-20-19-23-30-27-29-41-42-30/h3-4,6-7,9-10,12-13,15-16,30-31H,2,5,8,11,14,17-29H2,1H3,(H,35,37)(H,36,38)(H,39,40)/b4-3-,7-6-,10-9-,13-12-,16-15-/t30-,31+/m1/s1. The van der Waals surface area contributed by atoms with Crippen molar-refractivity contribution in [2.45, 2.75) is 121 Å². The Bertz CT molecular complexity index is 877. The first-order valence-electron chi connectivity index (χ1n) is 15.8. The van der Waals surface area contributed by atoms with Crippen molar-refractivity contribution in [1.29, 1.82) is 0 Å². The fraction of sp³-hybridized carbons (Fsp3) is 0.618. The molecule has 0 unspecified atom stereocenters. The van der Waals surface area contributed by atoms with Crippen LogP contribution >= 0.6 is 21.6 Å². The van der Waals surface area contributed by atoms with Gasteiger partial charge in [-0.05, 0) is 83.5 Å². The number of amides is 2. The number of allylic oxidation sites excluding steroid dienone is 10. The van der Waals surface area contributed by atoms with Gasteiger partial charge in [0.2, 0.25) is 11.8 Å². The third-order valence-electron chi connectivity index (χ3n) is 6.71. The van der Waals surface area contributed by atoms with Gasteiger partial charge in [0.05, 0.1) is 0 Å². The lowest BCUT2D eigenvalue weighted by molar-refractivity contribution is -0.142. The van der Waals surface area contributed by atoms with Crippen molar-refractivity contribution >= 4 is 39.4 Å². The fourth-order valence-electron chi connectivity index (χ4n) is 4.28. The SMILES string of the molecule is CC/C=C\C/C=C\C/C=C\C/C=C\C/C=C\CCCC(=O)NCCCC[C@H](NC(=O)CCCC[C@@H]1CCSS1)C(=O)O. The molecule has 1 saturated heterocycles. The van der Waals surface area contributed by atoms with Crippen molar-refractivity contribution in [2.24, 2.45) is 0 Å². The summed E-state index contributed by atoms with van der Waals surface area (Å²) in [4.78, 5) is 35.8. The smallest absolute Gasteiger partial charge is 0.326 e. The first-order valence-corrected chi connectivity index (χ1v) is 18.2. The minimum absolute atomic E-state index is 0.0278. The zero-order valence-corrected chi connectivity index (χ0v) is 27.3. The maximum Gasteiger partial charge on any atom is 0.326 e. The van der Waals surface area contributed by atoms with Crippen LogP contribution in [0, 0.1) is 0 Å². The number of hydrogen-bond acceptors (Lipinski definition) is 5. The number of hydrogen-bond donors (Lipinski definition) is 3. The van der Waals surface area contributed by atoms with Crippen molar-refractivity contribution in [1.82, 2.24) is 10.6 Å². The molecule has 1 rings (SSSR count). The Morgan fingerprint density at radius 1 is 0.786 bits per heavy atom. The van der Waals surface area contributed by atoms with Crippen molar-refractivity contribution in [3.8, 4) is 0 Å². The van der Waals surface area contributed by atoms with Gasteiger partial charge in [-0.3, -0.25) is 9.59 Å². The summed E-state index contributed by atoms with van der Waals surface area (Å²) in [5.74, 6) is 0.0597. The summed E-state index contributed by atoms with van der Waals surface area (Å²) in [6, 6.07) is -0.863. The van der Waals surface area contributed by atoms with Gasteiger partial charge in [0, 0.05) is 30.4 Å². The Labute approximate surface area is 262 Å². The van der Waals surface area contributed by atoms with Crippen LogP contribution in [0.1, 0.15) is 110 Å².